The average molecular weight is 357 g/mol. The zero-order valence-corrected chi connectivity index (χ0v) is 13.4. The molecule has 0 aliphatic heterocycles. The molecule has 0 radical (unpaired) electrons. The number of nitrogens with zero attached hydrogens (tertiary/aromatic N) is 4. The van der Waals surface area contributed by atoms with Crippen molar-refractivity contribution in [2.45, 2.75) is 18.9 Å². The van der Waals surface area contributed by atoms with Crippen molar-refractivity contribution in [3.8, 4) is 0 Å². The van der Waals surface area contributed by atoms with Gasteiger partial charge in [-0.15, -0.1) is 0 Å². The third-order valence-electron chi connectivity index (χ3n) is 3.83. The second-order valence-corrected chi connectivity index (χ2v) is 6.13. The molecule has 2 unspecified atom stereocenters. The number of aliphatic hydroxyl groups excluding tert-OH is 1. The van der Waals surface area contributed by atoms with Gasteiger partial charge in [-0.1, -0.05) is 24.3 Å². The Hall–Kier alpha value is -2.05. The number of hydrogen-bond donors (Lipinski definition) is 1. The van der Waals surface area contributed by atoms with E-state index in [0.29, 0.717) is 4.60 Å². The highest BCUT2D eigenvalue weighted by molar-refractivity contribution is 9.10. The molecule has 6 heteroatoms. The Labute approximate surface area is 135 Å². The van der Waals surface area contributed by atoms with Crippen LogP contribution in [0.1, 0.15) is 17.2 Å². The number of pyridine rings is 1. The Morgan fingerprint density at radius 3 is 2.86 bits per heavy atom. The van der Waals surface area contributed by atoms with Gasteiger partial charge in [0.15, 0.2) is 11.3 Å². The smallest absolute Gasteiger partial charge is 0.165 e. The van der Waals surface area contributed by atoms with E-state index in [2.05, 4.69) is 31.0 Å². The van der Waals surface area contributed by atoms with Crippen molar-refractivity contribution in [1.29, 1.82) is 0 Å². The Kier molecular flexibility index (Phi) is 3.09. The van der Waals surface area contributed by atoms with E-state index in [1.54, 1.807) is 16.8 Å². The van der Waals surface area contributed by atoms with E-state index in [9.17, 15) is 5.11 Å². The standard InChI is InChI=1S/C16H13BrN4O/c1-9-6-14-18-8-10-7-12(11-4-2-3-5-13(11)22)15(17)19-16(10)21(14)20-9/h2-8,11,13,22H,1H3. The molecule has 1 aliphatic carbocycles. The number of rotatable bonds is 1. The van der Waals surface area contributed by atoms with Crippen LogP contribution in [0.2, 0.25) is 0 Å². The molecule has 3 aromatic heterocycles. The monoisotopic (exact) mass is 356 g/mol. The molecular weight excluding hydrogens is 344 g/mol. The van der Waals surface area contributed by atoms with Crippen molar-refractivity contribution >= 4 is 32.6 Å². The van der Waals surface area contributed by atoms with Crippen molar-refractivity contribution in [2.75, 3.05) is 0 Å². The van der Waals surface area contributed by atoms with Crippen molar-refractivity contribution in [1.82, 2.24) is 19.6 Å². The lowest BCUT2D eigenvalue weighted by Crippen LogP contribution is -2.17. The van der Waals surface area contributed by atoms with Crippen molar-refractivity contribution < 1.29 is 5.11 Å². The summed E-state index contributed by atoms with van der Waals surface area (Å²) in [6.45, 7) is 1.93. The van der Waals surface area contributed by atoms with Crippen LogP contribution in [-0.4, -0.2) is 30.8 Å². The Balaban J connectivity index is 1.95. The number of hydrogen-bond acceptors (Lipinski definition) is 4. The van der Waals surface area contributed by atoms with Gasteiger partial charge >= 0.3 is 0 Å². The first-order valence-electron chi connectivity index (χ1n) is 6.98. The summed E-state index contributed by atoms with van der Waals surface area (Å²) in [5.41, 5.74) is 3.36. The van der Waals surface area contributed by atoms with Crippen LogP contribution >= 0.6 is 15.9 Å². The van der Waals surface area contributed by atoms with Gasteiger partial charge < -0.3 is 5.11 Å². The molecular formula is C16H13BrN4O. The summed E-state index contributed by atoms with van der Waals surface area (Å²) in [5, 5.41) is 15.5. The van der Waals surface area contributed by atoms with Gasteiger partial charge in [-0.25, -0.2) is 9.97 Å². The van der Waals surface area contributed by atoms with Gasteiger partial charge in [0.25, 0.3) is 0 Å². The molecule has 0 saturated carbocycles. The van der Waals surface area contributed by atoms with E-state index in [1.165, 1.54) is 0 Å². The average Bonchev–Trinajstić information content (AvgIpc) is 2.88. The fourth-order valence-corrected chi connectivity index (χ4v) is 3.31. The molecule has 1 aliphatic rings. The predicted molar refractivity (Wildman–Crippen MR) is 87.8 cm³/mol. The van der Waals surface area contributed by atoms with Crippen LogP contribution in [0.15, 0.2) is 47.2 Å². The third kappa shape index (κ3) is 2.07. The summed E-state index contributed by atoms with van der Waals surface area (Å²) >= 11 is 3.53. The summed E-state index contributed by atoms with van der Waals surface area (Å²) in [6.07, 6.45) is 8.78. The molecule has 0 saturated heterocycles. The second kappa shape index (κ2) is 5.00. The largest absolute Gasteiger partial charge is 0.388 e. The summed E-state index contributed by atoms with van der Waals surface area (Å²) in [5.74, 6) is -0.119. The molecule has 5 nitrogen and oxygen atoms in total. The number of halogens is 1. The molecule has 2 atom stereocenters. The first kappa shape index (κ1) is 13.6. The number of aryl methyl sites for hydroxylation is 1. The van der Waals surface area contributed by atoms with Gasteiger partial charge in [-0.2, -0.15) is 9.61 Å². The zero-order valence-electron chi connectivity index (χ0n) is 11.8. The minimum absolute atomic E-state index is 0.119. The quantitative estimate of drug-likeness (QED) is 0.681. The number of aromatic nitrogens is 4. The SMILES string of the molecule is Cc1cc2ncc3cc(C4C=CC=CC4O)c(Br)nc3n2n1. The summed E-state index contributed by atoms with van der Waals surface area (Å²) < 4.78 is 2.45. The highest BCUT2D eigenvalue weighted by Gasteiger charge is 2.22. The van der Waals surface area contributed by atoms with Crippen molar-refractivity contribution in [2.24, 2.45) is 0 Å². The van der Waals surface area contributed by atoms with Crippen LogP contribution in [0.25, 0.3) is 16.7 Å². The Morgan fingerprint density at radius 1 is 1.23 bits per heavy atom. The van der Waals surface area contributed by atoms with E-state index in [4.69, 9.17) is 0 Å². The molecule has 0 bridgehead atoms. The summed E-state index contributed by atoms with van der Waals surface area (Å²) in [6, 6.07) is 3.93. The lowest BCUT2D eigenvalue weighted by Gasteiger charge is -2.21. The molecule has 3 heterocycles. The van der Waals surface area contributed by atoms with E-state index < -0.39 is 6.10 Å². The third-order valence-corrected chi connectivity index (χ3v) is 4.46. The Morgan fingerprint density at radius 2 is 2.05 bits per heavy atom. The van der Waals surface area contributed by atoms with Crippen molar-refractivity contribution in [3.05, 3.63) is 58.5 Å². The molecule has 110 valence electrons. The van der Waals surface area contributed by atoms with E-state index in [-0.39, 0.29) is 5.92 Å². The maximum atomic E-state index is 10.2. The number of aliphatic hydroxyl groups is 1. The lowest BCUT2D eigenvalue weighted by atomic mass is 9.91. The molecule has 0 spiro atoms. The topological polar surface area (TPSA) is 63.3 Å². The van der Waals surface area contributed by atoms with Gasteiger partial charge in [0, 0.05) is 23.6 Å². The van der Waals surface area contributed by atoms with Crippen LogP contribution in [0.5, 0.6) is 0 Å². The lowest BCUT2D eigenvalue weighted by molar-refractivity contribution is 0.205. The van der Waals surface area contributed by atoms with Crippen LogP contribution in [-0.2, 0) is 0 Å². The van der Waals surface area contributed by atoms with Gasteiger partial charge in [0.1, 0.15) is 4.60 Å². The molecule has 22 heavy (non-hydrogen) atoms. The van der Waals surface area contributed by atoms with Crippen LogP contribution < -0.4 is 0 Å². The highest BCUT2D eigenvalue weighted by Crippen LogP contribution is 2.32. The zero-order chi connectivity index (χ0) is 15.3. The molecule has 3 aromatic rings. The van der Waals surface area contributed by atoms with E-state index in [0.717, 1.165) is 27.9 Å². The van der Waals surface area contributed by atoms with Crippen molar-refractivity contribution in [3.63, 3.8) is 0 Å². The maximum Gasteiger partial charge on any atom is 0.165 e. The second-order valence-electron chi connectivity index (χ2n) is 5.38. The number of fused-ring (bicyclic) bond motifs is 3. The molecule has 0 aromatic carbocycles. The molecule has 1 N–H and O–H groups in total. The highest BCUT2D eigenvalue weighted by atomic mass is 79.9. The van der Waals surface area contributed by atoms with Crippen LogP contribution in [0.4, 0.5) is 0 Å². The summed E-state index contributed by atoms with van der Waals surface area (Å²) in [4.78, 5) is 9.05. The number of allylic oxidation sites excluding steroid dienone is 2. The van der Waals surface area contributed by atoms with Gasteiger partial charge in [0.2, 0.25) is 0 Å². The minimum atomic E-state index is -0.552. The van der Waals surface area contributed by atoms with Gasteiger partial charge in [-0.05, 0) is 34.5 Å². The normalized spacial score (nSPS) is 21.0. The molecule has 0 fully saturated rings. The minimum Gasteiger partial charge on any atom is -0.388 e. The maximum absolute atomic E-state index is 10.2. The van der Waals surface area contributed by atoms with Gasteiger partial charge in [-0.3, -0.25) is 0 Å². The Bertz CT molecular complexity index is 944. The molecule has 0 amide bonds. The predicted octanol–water partition coefficient (Wildman–Crippen LogP) is 2.92. The van der Waals surface area contributed by atoms with Crippen LogP contribution in [0, 0.1) is 6.92 Å². The first-order chi connectivity index (χ1) is 10.6. The fourth-order valence-electron chi connectivity index (χ4n) is 2.76. The first-order valence-corrected chi connectivity index (χ1v) is 7.77. The van der Waals surface area contributed by atoms with E-state index in [1.807, 2.05) is 37.3 Å². The van der Waals surface area contributed by atoms with Gasteiger partial charge in [0.05, 0.1) is 11.8 Å². The van der Waals surface area contributed by atoms with Crippen LogP contribution in [0.3, 0.4) is 0 Å². The fraction of sp³-hybridized carbons (Fsp3) is 0.188. The molecule has 4 rings (SSSR count). The van der Waals surface area contributed by atoms with E-state index >= 15 is 0 Å². The summed E-state index contributed by atoms with van der Waals surface area (Å²) in [7, 11) is 0.